The van der Waals surface area contributed by atoms with Crippen LogP contribution in [0.25, 0.3) is 0 Å². The Labute approximate surface area is 93.8 Å². The second-order valence-electron chi connectivity index (χ2n) is 3.38. The van der Waals surface area contributed by atoms with E-state index in [0.717, 1.165) is 0 Å². The Hall–Kier alpha value is -0.490. The molecule has 1 aromatic heterocycles. The van der Waals surface area contributed by atoms with Gasteiger partial charge in [0.2, 0.25) is 5.95 Å². The van der Waals surface area contributed by atoms with Crippen LogP contribution in [-0.2, 0) is 0 Å². The van der Waals surface area contributed by atoms with E-state index in [1.54, 1.807) is 0 Å². The lowest BCUT2D eigenvalue weighted by Gasteiger charge is -2.11. The van der Waals surface area contributed by atoms with Crippen molar-refractivity contribution in [2.24, 2.45) is 0 Å². The Morgan fingerprint density at radius 2 is 1.57 bits per heavy atom. The molecule has 14 heavy (non-hydrogen) atoms. The van der Waals surface area contributed by atoms with Gasteiger partial charge < -0.3 is 5.32 Å². The average molecular weight is 228 g/mol. The van der Waals surface area contributed by atoms with Crippen molar-refractivity contribution in [3.8, 4) is 0 Å². The lowest BCUT2D eigenvalue weighted by molar-refractivity contribution is 0.720. The summed E-state index contributed by atoms with van der Waals surface area (Å²) >= 11 is 8.14. The third-order valence-corrected chi connectivity index (χ3v) is 2.70. The van der Waals surface area contributed by atoms with E-state index in [9.17, 15) is 0 Å². The fraction of sp³-hybridized carbons (Fsp3) is 0.625. The summed E-state index contributed by atoms with van der Waals surface area (Å²) in [7, 11) is 0. The van der Waals surface area contributed by atoms with Crippen molar-refractivity contribution < 1.29 is 0 Å². The van der Waals surface area contributed by atoms with E-state index in [1.165, 1.54) is 25.7 Å². The Balaban J connectivity index is 2.07. The predicted molar refractivity (Wildman–Crippen MR) is 60.2 cm³/mol. The number of hydrogen-bond acceptors (Lipinski definition) is 6. The summed E-state index contributed by atoms with van der Waals surface area (Å²) in [4.78, 5) is 12.0. The van der Waals surface area contributed by atoms with Crippen molar-refractivity contribution in [2.45, 2.75) is 42.0 Å². The fourth-order valence-corrected chi connectivity index (χ4v) is 2.13. The molecular weight excluding hydrogens is 216 g/mol. The summed E-state index contributed by atoms with van der Waals surface area (Å²) in [5.74, 6) is 0.585. The van der Waals surface area contributed by atoms with E-state index < -0.39 is 0 Å². The third-order valence-electron chi connectivity index (χ3n) is 2.30. The highest BCUT2D eigenvalue weighted by molar-refractivity contribution is 7.80. The van der Waals surface area contributed by atoms with Gasteiger partial charge in [-0.2, -0.15) is 15.0 Å². The minimum Gasteiger partial charge on any atom is -0.351 e. The Bertz CT molecular complexity index is 305. The van der Waals surface area contributed by atoms with Gasteiger partial charge in [-0.25, -0.2) is 0 Å². The summed E-state index contributed by atoms with van der Waals surface area (Å²) in [5, 5.41) is 4.08. The Morgan fingerprint density at radius 3 is 2.14 bits per heavy atom. The van der Waals surface area contributed by atoms with Crippen molar-refractivity contribution in [1.29, 1.82) is 0 Å². The first-order valence-electron chi connectivity index (χ1n) is 4.64. The summed E-state index contributed by atoms with van der Waals surface area (Å²) < 4.78 is 0. The van der Waals surface area contributed by atoms with Crippen molar-refractivity contribution >= 4 is 31.2 Å². The van der Waals surface area contributed by atoms with E-state index in [2.05, 4.69) is 45.5 Å². The second-order valence-corrected chi connectivity index (χ2v) is 4.18. The van der Waals surface area contributed by atoms with Crippen LogP contribution in [0.3, 0.4) is 0 Å². The van der Waals surface area contributed by atoms with Gasteiger partial charge in [0.25, 0.3) is 0 Å². The van der Waals surface area contributed by atoms with Crippen LogP contribution in [0.5, 0.6) is 0 Å². The Morgan fingerprint density at radius 1 is 1.00 bits per heavy atom. The maximum atomic E-state index is 4.08. The van der Waals surface area contributed by atoms with Crippen LogP contribution in [0.4, 0.5) is 5.95 Å². The van der Waals surface area contributed by atoms with E-state index in [1.807, 2.05) is 0 Å². The monoisotopic (exact) mass is 228 g/mol. The molecule has 0 saturated heterocycles. The van der Waals surface area contributed by atoms with Gasteiger partial charge in [0.05, 0.1) is 0 Å². The number of thiol groups is 2. The zero-order chi connectivity index (χ0) is 9.97. The van der Waals surface area contributed by atoms with Gasteiger partial charge in [-0.15, -0.1) is 25.3 Å². The minimum atomic E-state index is 0.408. The quantitative estimate of drug-likeness (QED) is 0.676. The van der Waals surface area contributed by atoms with Gasteiger partial charge in [-0.3, -0.25) is 0 Å². The first-order valence-corrected chi connectivity index (χ1v) is 5.54. The number of hydrogen-bond donors (Lipinski definition) is 3. The number of anilines is 1. The molecule has 1 saturated carbocycles. The van der Waals surface area contributed by atoms with Crippen molar-refractivity contribution in [3.05, 3.63) is 0 Å². The second kappa shape index (κ2) is 4.35. The van der Waals surface area contributed by atoms with Gasteiger partial charge in [0.1, 0.15) is 0 Å². The van der Waals surface area contributed by atoms with Gasteiger partial charge in [0.15, 0.2) is 10.3 Å². The third kappa shape index (κ3) is 2.51. The van der Waals surface area contributed by atoms with Crippen LogP contribution in [0.15, 0.2) is 10.3 Å². The lowest BCUT2D eigenvalue weighted by atomic mass is 10.3. The summed E-state index contributed by atoms with van der Waals surface area (Å²) in [6.45, 7) is 0. The molecule has 1 aliphatic rings. The SMILES string of the molecule is Sc1nc(S)nc(NC2CCCC2)n1. The Kier molecular flexibility index (Phi) is 3.12. The van der Waals surface area contributed by atoms with Crippen molar-refractivity contribution in [3.63, 3.8) is 0 Å². The molecule has 1 N–H and O–H groups in total. The molecule has 2 rings (SSSR count). The van der Waals surface area contributed by atoms with Crippen molar-refractivity contribution in [1.82, 2.24) is 15.0 Å². The van der Waals surface area contributed by atoms with Gasteiger partial charge >= 0.3 is 0 Å². The average Bonchev–Trinajstić information content (AvgIpc) is 2.54. The fourth-order valence-electron chi connectivity index (χ4n) is 1.67. The molecule has 0 radical (unpaired) electrons. The maximum absolute atomic E-state index is 4.08. The largest absolute Gasteiger partial charge is 0.351 e. The van der Waals surface area contributed by atoms with Gasteiger partial charge in [-0.1, -0.05) is 12.8 Å². The number of rotatable bonds is 2. The number of nitrogens with zero attached hydrogens (tertiary/aromatic N) is 3. The number of nitrogens with one attached hydrogen (secondary N) is 1. The maximum Gasteiger partial charge on any atom is 0.227 e. The van der Waals surface area contributed by atoms with Crippen molar-refractivity contribution in [2.75, 3.05) is 5.32 Å². The van der Waals surface area contributed by atoms with Gasteiger partial charge in [-0.05, 0) is 12.8 Å². The molecule has 0 amide bonds. The zero-order valence-electron chi connectivity index (χ0n) is 7.64. The predicted octanol–water partition coefficient (Wildman–Crippen LogP) is 1.80. The van der Waals surface area contributed by atoms with E-state index in [4.69, 9.17) is 0 Å². The summed E-state index contributed by atoms with van der Waals surface area (Å²) in [5.41, 5.74) is 0. The molecule has 0 aliphatic heterocycles. The standard InChI is InChI=1S/C8H12N4S2/c13-7-10-6(11-8(14)12-7)9-5-3-1-2-4-5/h5H,1-4H2,(H3,9,10,11,12,13,14). The molecular formula is C8H12N4S2. The smallest absolute Gasteiger partial charge is 0.227 e. The van der Waals surface area contributed by atoms with Crippen LogP contribution in [0.2, 0.25) is 0 Å². The van der Waals surface area contributed by atoms with E-state index in [0.29, 0.717) is 22.3 Å². The summed E-state index contributed by atoms with van der Waals surface area (Å²) in [6, 6.07) is 0.498. The molecule has 1 aromatic rings. The molecule has 4 nitrogen and oxygen atoms in total. The molecule has 76 valence electrons. The highest BCUT2D eigenvalue weighted by Gasteiger charge is 2.15. The molecule has 1 heterocycles. The first-order chi connectivity index (χ1) is 6.74. The molecule has 1 fully saturated rings. The van der Waals surface area contributed by atoms with Crippen LogP contribution >= 0.6 is 25.3 Å². The molecule has 0 bridgehead atoms. The topological polar surface area (TPSA) is 50.7 Å². The number of aromatic nitrogens is 3. The highest BCUT2D eigenvalue weighted by atomic mass is 32.1. The first kappa shape index (κ1) is 10.0. The minimum absolute atomic E-state index is 0.408. The molecule has 0 spiro atoms. The van der Waals surface area contributed by atoms with Gasteiger partial charge in [0, 0.05) is 6.04 Å². The molecule has 0 atom stereocenters. The van der Waals surface area contributed by atoms with E-state index >= 15 is 0 Å². The van der Waals surface area contributed by atoms with Crippen LogP contribution < -0.4 is 5.32 Å². The van der Waals surface area contributed by atoms with Crippen LogP contribution in [0, 0.1) is 0 Å². The van der Waals surface area contributed by atoms with Crippen LogP contribution in [-0.4, -0.2) is 21.0 Å². The zero-order valence-corrected chi connectivity index (χ0v) is 9.43. The molecule has 0 aromatic carbocycles. The lowest BCUT2D eigenvalue weighted by Crippen LogP contribution is -2.17. The summed E-state index contributed by atoms with van der Waals surface area (Å²) in [6.07, 6.45) is 4.94. The molecule has 1 aliphatic carbocycles. The molecule has 6 heteroatoms. The highest BCUT2D eigenvalue weighted by Crippen LogP contribution is 2.21. The van der Waals surface area contributed by atoms with Crippen LogP contribution in [0.1, 0.15) is 25.7 Å². The van der Waals surface area contributed by atoms with E-state index in [-0.39, 0.29) is 0 Å². The normalized spacial score (nSPS) is 17.3. The molecule has 0 unspecified atom stereocenters.